The molecule has 2 rings (SSSR count). The molecule has 1 heterocycles. The monoisotopic (exact) mass is 292 g/mol. The Bertz CT molecular complexity index is 716. The van der Waals surface area contributed by atoms with Crippen LogP contribution in [0.4, 0.5) is 0 Å². The van der Waals surface area contributed by atoms with Crippen LogP contribution in [0, 0.1) is 23.7 Å². The molecular formula is C12H13ClN6O. The van der Waals surface area contributed by atoms with Gasteiger partial charge >= 0.3 is 5.69 Å². The second-order valence-electron chi connectivity index (χ2n) is 3.55. The summed E-state index contributed by atoms with van der Waals surface area (Å²) in [6.45, 7) is 7.00. The molecular weight excluding hydrogens is 280 g/mol. The predicted octanol–water partition coefficient (Wildman–Crippen LogP) is 1.10. The lowest BCUT2D eigenvalue weighted by Gasteiger charge is -2.00. The van der Waals surface area contributed by atoms with E-state index in [1.807, 2.05) is 6.07 Å². The number of rotatable bonds is 1. The van der Waals surface area contributed by atoms with E-state index >= 15 is 0 Å². The molecule has 1 aromatic heterocycles. The van der Waals surface area contributed by atoms with Crippen molar-refractivity contribution in [1.29, 1.82) is 10.5 Å². The largest absolute Gasteiger partial charge is 0.328 e. The van der Waals surface area contributed by atoms with Gasteiger partial charge in [0, 0.05) is 27.2 Å². The van der Waals surface area contributed by atoms with E-state index < -0.39 is 0 Å². The van der Waals surface area contributed by atoms with Crippen molar-refractivity contribution in [1.82, 2.24) is 9.13 Å². The summed E-state index contributed by atoms with van der Waals surface area (Å²) in [6, 6.07) is 3.54. The van der Waals surface area contributed by atoms with Gasteiger partial charge in [0.05, 0.1) is 22.3 Å². The molecule has 0 bridgehead atoms. The molecule has 8 heteroatoms. The Morgan fingerprint density at radius 3 is 2.30 bits per heavy atom. The Labute approximate surface area is 120 Å². The summed E-state index contributed by atoms with van der Waals surface area (Å²) in [7, 11) is 3.39. The van der Waals surface area contributed by atoms with Crippen LogP contribution in [0.2, 0.25) is 5.02 Å². The molecule has 0 aliphatic heterocycles. The maximum absolute atomic E-state index is 11.7. The zero-order chi connectivity index (χ0) is 15.9. The normalized spacial score (nSPS) is 9.55. The fourth-order valence-electron chi connectivity index (χ4n) is 1.78. The molecule has 0 fully saturated rings. The van der Waals surface area contributed by atoms with Crippen LogP contribution in [0.1, 0.15) is 5.56 Å². The lowest BCUT2D eigenvalue weighted by molar-refractivity contribution is 0.795. The van der Waals surface area contributed by atoms with E-state index in [0.717, 1.165) is 11.1 Å². The van der Waals surface area contributed by atoms with Gasteiger partial charge < -0.3 is 5.84 Å². The minimum Gasteiger partial charge on any atom is -0.323 e. The topological polar surface area (TPSA) is 113 Å². The first-order chi connectivity index (χ1) is 9.56. The number of hydrogen-bond acceptors (Lipinski definition) is 5. The van der Waals surface area contributed by atoms with Crippen molar-refractivity contribution < 1.29 is 0 Å². The number of aryl methyl sites for hydroxylation is 2. The van der Waals surface area contributed by atoms with Gasteiger partial charge in [-0.2, -0.15) is 5.10 Å². The molecule has 104 valence electrons. The highest BCUT2D eigenvalue weighted by atomic mass is 35.5. The molecule has 2 N–H and O–H groups in total. The SMILES string of the molecule is C#N.C#N.Cn1c(=O)n(C)c2c(Cl)cc(C=NN)cc21. The van der Waals surface area contributed by atoms with Gasteiger partial charge in [0.25, 0.3) is 0 Å². The zero-order valence-corrected chi connectivity index (χ0v) is 11.7. The maximum Gasteiger partial charge on any atom is 0.328 e. The quantitative estimate of drug-likeness (QED) is 0.481. The summed E-state index contributed by atoms with van der Waals surface area (Å²) < 4.78 is 3.05. The number of halogens is 1. The molecule has 0 spiro atoms. The van der Waals surface area contributed by atoms with Gasteiger partial charge in [-0.1, -0.05) is 11.6 Å². The number of hydrazone groups is 1. The number of nitriles is 2. The van der Waals surface area contributed by atoms with Crippen LogP contribution in [0.3, 0.4) is 0 Å². The van der Waals surface area contributed by atoms with Crippen molar-refractivity contribution in [3.05, 3.63) is 33.2 Å². The lowest BCUT2D eigenvalue weighted by atomic mass is 10.2. The van der Waals surface area contributed by atoms with Crippen LogP contribution in [0.25, 0.3) is 11.0 Å². The van der Waals surface area contributed by atoms with E-state index in [1.165, 1.54) is 15.3 Å². The fourth-order valence-corrected chi connectivity index (χ4v) is 2.13. The van der Waals surface area contributed by atoms with Crippen LogP contribution in [-0.2, 0) is 14.1 Å². The molecule has 0 amide bonds. The van der Waals surface area contributed by atoms with Gasteiger partial charge in [-0.25, -0.2) is 15.3 Å². The Morgan fingerprint density at radius 2 is 1.80 bits per heavy atom. The van der Waals surface area contributed by atoms with Crippen molar-refractivity contribution in [3.63, 3.8) is 0 Å². The van der Waals surface area contributed by atoms with Crippen molar-refractivity contribution in [2.24, 2.45) is 25.0 Å². The van der Waals surface area contributed by atoms with E-state index in [1.54, 1.807) is 20.2 Å². The molecule has 0 atom stereocenters. The van der Waals surface area contributed by atoms with E-state index in [4.69, 9.17) is 28.0 Å². The third-order valence-electron chi connectivity index (χ3n) is 2.56. The Hall–Kier alpha value is -2.77. The second kappa shape index (κ2) is 7.62. The number of fused-ring (bicyclic) bond motifs is 1. The highest BCUT2D eigenvalue weighted by Gasteiger charge is 2.11. The van der Waals surface area contributed by atoms with E-state index in [-0.39, 0.29) is 5.69 Å². The summed E-state index contributed by atoms with van der Waals surface area (Å²) in [6.07, 6.45) is 1.49. The Kier molecular flexibility index (Phi) is 6.56. The summed E-state index contributed by atoms with van der Waals surface area (Å²) >= 11 is 6.11. The van der Waals surface area contributed by atoms with Gasteiger partial charge in [-0.15, -0.1) is 0 Å². The molecule has 0 saturated heterocycles. The maximum atomic E-state index is 11.7. The van der Waals surface area contributed by atoms with E-state index in [0.29, 0.717) is 10.5 Å². The first kappa shape index (κ1) is 17.2. The van der Waals surface area contributed by atoms with Crippen LogP contribution in [0.5, 0.6) is 0 Å². The average Bonchev–Trinajstić information content (AvgIpc) is 2.69. The molecule has 0 unspecified atom stereocenters. The number of imidazole rings is 1. The lowest BCUT2D eigenvalue weighted by Crippen LogP contribution is -2.19. The molecule has 2 aromatic rings. The van der Waals surface area contributed by atoms with Gasteiger partial charge in [0.15, 0.2) is 0 Å². The zero-order valence-electron chi connectivity index (χ0n) is 11.0. The number of hydrogen-bond donors (Lipinski definition) is 1. The molecule has 0 aliphatic carbocycles. The molecule has 0 aliphatic rings. The van der Waals surface area contributed by atoms with Crippen LogP contribution < -0.4 is 11.5 Å². The van der Waals surface area contributed by atoms with Crippen molar-refractivity contribution in [3.8, 4) is 13.1 Å². The Morgan fingerprint density at radius 1 is 1.25 bits per heavy atom. The van der Waals surface area contributed by atoms with Gasteiger partial charge in [0.1, 0.15) is 0 Å². The molecule has 1 aromatic carbocycles. The third-order valence-corrected chi connectivity index (χ3v) is 2.85. The van der Waals surface area contributed by atoms with Gasteiger partial charge in [-0.3, -0.25) is 9.13 Å². The van der Waals surface area contributed by atoms with Crippen LogP contribution in [-0.4, -0.2) is 15.3 Å². The van der Waals surface area contributed by atoms with Crippen LogP contribution in [0.15, 0.2) is 22.0 Å². The minimum atomic E-state index is -0.112. The van der Waals surface area contributed by atoms with Gasteiger partial charge in [-0.05, 0) is 17.7 Å². The average molecular weight is 293 g/mol. The van der Waals surface area contributed by atoms with Crippen LogP contribution >= 0.6 is 11.6 Å². The third kappa shape index (κ3) is 2.97. The summed E-state index contributed by atoms with van der Waals surface area (Å²) in [5.41, 5.74) is 2.12. The summed E-state index contributed by atoms with van der Waals surface area (Å²) in [5.74, 6) is 5.08. The highest BCUT2D eigenvalue weighted by Crippen LogP contribution is 2.23. The Balaban J connectivity index is 0.000000829. The number of benzene rings is 1. The van der Waals surface area contributed by atoms with E-state index in [9.17, 15) is 4.79 Å². The number of nitrogens with zero attached hydrogens (tertiary/aromatic N) is 5. The number of aromatic nitrogens is 2. The minimum absolute atomic E-state index is 0.112. The molecule has 0 saturated carbocycles. The first-order valence-electron chi connectivity index (χ1n) is 5.16. The molecule has 7 nitrogen and oxygen atoms in total. The predicted molar refractivity (Wildman–Crippen MR) is 78.3 cm³/mol. The highest BCUT2D eigenvalue weighted by molar-refractivity contribution is 6.35. The first-order valence-corrected chi connectivity index (χ1v) is 5.54. The second-order valence-corrected chi connectivity index (χ2v) is 3.96. The smallest absolute Gasteiger partial charge is 0.323 e. The van der Waals surface area contributed by atoms with Gasteiger partial charge in [0.2, 0.25) is 0 Å². The van der Waals surface area contributed by atoms with E-state index in [2.05, 4.69) is 18.2 Å². The van der Waals surface area contributed by atoms with Crippen molar-refractivity contribution in [2.75, 3.05) is 0 Å². The molecule has 20 heavy (non-hydrogen) atoms. The number of nitrogens with two attached hydrogens (primary N) is 1. The standard InChI is InChI=1S/C10H11ClN4O.2CHN/c1-14-8-4-6(5-13-12)3-7(11)9(8)15(2)10(14)16;2*1-2/h3-5H,12H2,1-2H3;2*1H. The summed E-state index contributed by atoms with van der Waals surface area (Å²) in [5, 5.41) is 16.9. The van der Waals surface area contributed by atoms with Crippen molar-refractivity contribution in [2.45, 2.75) is 0 Å². The molecule has 0 radical (unpaired) electrons. The fraction of sp³-hybridized carbons (Fsp3) is 0.167. The van der Waals surface area contributed by atoms with Crippen molar-refractivity contribution >= 4 is 28.8 Å². The summed E-state index contributed by atoms with van der Waals surface area (Å²) in [4.78, 5) is 11.7.